The van der Waals surface area contributed by atoms with Gasteiger partial charge in [-0.25, -0.2) is 0 Å². The maximum atomic E-state index is 5.51. The van der Waals surface area contributed by atoms with Gasteiger partial charge in [0.05, 0.1) is 7.11 Å². The Balaban J connectivity index is 2.04. The molecule has 1 N–H and O–H groups in total. The molecule has 1 fully saturated rings. The second-order valence-corrected chi connectivity index (χ2v) is 7.19. The first-order valence-electron chi connectivity index (χ1n) is 7.98. The summed E-state index contributed by atoms with van der Waals surface area (Å²) in [5, 5.41) is 3.45. The maximum absolute atomic E-state index is 5.51. The Hall–Kier alpha value is -1.06. The first kappa shape index (κ1) is 16.3. The summed E-state index contributed by atoms with van der Waals surface area (Å²) >= 11 is 0. The average molecular weight is 290 g/mol. The van der Waals surface area contributed by atoms with Gasteiger partial charge in [0.2, 0.25) is 0 Å². The first-order valence-corrected chi connectivity index (χ1v) is 7.98. The molecule has 118 valence electrons. The van der Waals surface area contributed by atoms with Crippen LogP contribution < -0.4 is 10.1 Å². The molecule has 0 radical (unpaired) electrons. The van der Waals surface area contributed by atoms with Crippen molar-refractivity contribution in [2.75, 3.05) is 33.8 Å². The van der Waals surface area contributed by atoms with Crippen LogP contribution in [0.2, 0.25) is 0 Å². The molecule has 3 nitrogen and oxygen atoms in total. The van der Waals surface area contributed by atoms with E-state index in [0.717, 1.165) is 18.2 Å². The molecule has 1 aromatic rings. The van der Waals surface area contributed by atoms with Crippen molar-refractivity contribution < 1.29 is 4.74 Å². The lowest BCUT2D eigenvalue weighted by molar-refractivity contribution is 0.220. The van der Waals surface area contributed by atoms with Crippen LogP contribution in [-0.4, -0.2) is 38.7 Å². The van der Waals surface area contributed by atoms with E-state index in [-0.39, 0.29) is 0 Å². The monoisotopic (exact) mass is 290 g/mol. The molecule has 21 heavy (non-hydrogen) atoms. The standard InChI is InChI=1S/C18H30N2O/c1-18(2,3)14-10-11-20(12-14)13-16(19-4)15-8-6-7-9-17(15)21-5/h6-9,14,16,19H,10-13H2,1-5H3. The van der Waals surface area contributed by atoms with Crippen molar-refractivity contribution in [3.8, 4) is 5.75 Å². The van der Waals surface area contributed by atoms with Gasteiger partial charge in [-0.1, -0.05) is 39.0 Å². The van der Waals surface area contributed by atoms with Gasteiger partial charge in [-0.3, -0.25) is 0 Å². The van der Waals surface area contributed by atoms with Crippen LogP contribution in [0.1, 0.15) is 38.8 Å². The van der Waals surface area contributed by atoms with Crippen molar-refractivity contribution in [2.24, 2.45) is 11.3 Å². The van der Waals surface area contributed by atoms with E-state index in [9.17, 15) is 0 Å². The maximum Gasteiger partial charge on any atom is 0.123 e. The lowest BCUT2D eigenvalue weighted by Gasteiger charge is -2.29. The Bertz CT molecular complexity index is 453. The molecule has 0 spiro atoms. The van der Waals surface area contributed by atoms with E-state index in [0.29, 0.717) is 11.5 Å². The predicted molar refractivity (Wildman–Crippen MR) is 88.8 cm³/mol. The van der Waals surface area contributed by atoms with Crippen LogP contribution in [0.25, 0.3) is 0 Å². The van der Waals surface area contributed by atoms with Gasteiger partial charge in [0, 0.05) is 24.7 Å². The number of rotatable bonds is 5. The zero-order valence-corrected chi connectivity index (χ0v) is 14.1. The molecule has 2 unspecified atom stereocenters. The molecule has 1 aliphatic rings. The summed E-state index contributed by atoms with van der Waals surface area (Å²) in [6.45, 7) is 10.5. The van der Waals surface area contributed by atoms with E-state index >= 15 is 0 Å². The van der Waals surface area contributed by atoms with Crippen LogP contribution in [0.15, 0.2) is 24.3 Å². The van der Waals surface area contributed by atoms with E-state index in [1.165, 1.54) is 25.1 Å². The van der Waals surface area contributed by atoms with Crippen molar-refractivity contribution in [3.63, 3.8) is 0 Å². The molecule has 3 heteroatoms. The minimum atomic E-state index is 0.319. The topological polar surface area (TPSA) is 24.5 Å². The summed E-state index contributed by atoms with van der Waals surface area (Å²) in [6, 6.07) is 8.64. The van der Waals surface area contributed by atoms with Gasteiger partial charge < -0.3 is 15.0 Å². The minimum absolute atomic E-state index is 0.319. The van der Waals surface area contributed by atoms with Crippen LogP contribution >= 0.6 is 0 Å². The molecule has 1 aliphatic heterocycles. The number of likely N-dealkylation sites (tertiary alicyclic amines) is 1. The van der Waals surface area contributed by atoms with E-state index in [1.54, 1.807) is 7.11 Å². The molecular weight excluding hydrogens is 260 g/mol. The van der Waals surface area contributed by atoms with Crippen LogP contribution in [-0.2, 0) is 0 Å². The number of hydrogen-bond donors (Lipinski definition) is 1. The fourth-order valence-electron chi connectivity index (χ4n) is 3.26. The van der Waals surface area contributed by atoms with Gasteiger partial charge >= 0.3 is 0 Å². The SMILES string of the molecule is CNC(CN1CCC(C(C)(C)C)C1)c1ccccc1OC. The third kappa shape index (κ3) is 3.98. The molecule has 0 amide bonds. The summed E-state index contributed by atoms with van der Waals surface area (Å²) in [7, 11) is 3.78. The second-order valence-electron chi connectivity index (χ2n) is 7.19. The Kier molecular flexibility index (Phi) is 5.28. The minimum Gasteiger partial charge on any atom is -0.496 e. The normalized spacial score (nSPS) is 21.5. The summed E-state index contributed by atoms with van der Waals surface area (Å²) in [5.74, 6) is 1.77. The third-order valence-electron chi connectivity index (χ3n) is 4.80. The van der Waals surface area contributed by atoms with Gasteiger partial charge in [0.15, 0.2) is 0 Å². The molecule has 0 bridgehead atoms. The highest BCUT2D eigenvalue weighted by atomic mass is 16.5. The van der Waals surface area contributed by atoms with E-state index in [2.05, 4.69) is 43.1 Å². The molecule has 2 atom stereocenters. The fraction of sp³-hybridized carbons (Fsp3) is 0.667. The summed E-state index contributed by atoms with van der Waals surface area (Å²) in [4.78, 5) is 2.59. The second kappa shape index (κ2) is 6.80. The predicted octanol–water partition coefficient (Wildman–Crippen LogP) is 3.32. The highest BCUT2D eigenvalue weighted by Gasteiger charge is 2.32. The molecule has 1 aromatic carbocycles. The number of nitrogens with one attached hydrogen (secondary N) is 1. The fourth-order valence-corrected chi connectivity index (χ4v) is 3.26. The highest BCUT2D eigenvalue weighted by Crippen LogP contribution is 2.34. The van der Waals surface area contributed by atoms with Crippen molar-refractivity contribution in [3.05, 3.63) is 29.8 Å². The quantitative estimate of drug-likeness (QED) is 0.900. The number of ether oxygens (including phenoxy) is 1. The zero-order valence-electron chi connectivity index (χ0n) is 14.1. The summed E-state index contributed by atoms with van der Waals surface area (Å²) in [6.07, 6.45) is 1.31. The van der Waals surface area contributed by atoms with E-state index < -0.39 is 0 Å². The van der Waals surface area contributed by atoms with Gasteiger partial charge in [0.25, 0.3) is 0 Å². The highest BCUT2D eigenvalue weighted by molar-refractivity contribution is 5.36. The number of likely N-dealkylation sites (N-methyl/N-ethyl adjacent to an activating group) is 1. The summed E-state index contributed by atoms with van der Waals surface area (Å²) in [5.41, 5.74) is 1.66. The molecular formula is C18H30N2O. The average Bonchev–Trinajstić information content (AvgIpc) is 2.93. The van der Waals surface area contributed by atoms with Crippen LogP contribution in [0, 0.1) is 11.3 Å². The lowest BCUT2D eigenvalue weighted by Crippen LogP contribution is -2.34. The van der Waals surface area contributed by atoms with Crippen LogP contribution in [0.3, 0.4) is 0 Å². The Labute approximate surface area is 129 Å². The Morgan fingerprint density at radius 2 is 2.05 bits per heavy atom. The molecule has 0 aliphatic carbocycles. The van der Waals surface area contributed by atoms with E-state index in [4.69, 9.17) is 4.74 Å². The van der Waals surface area contributed by atoms with Crippen molar-refractivity contribution in [1.82, 2.24) is 10.2 Å². The number of nitrogens with zero attached hydrogens (tertiary/aromatic N) is 1. The van der Waals surface area contributed by atoms with Crippen LogP contribution in [0.5, 0.6) is 5.75 Å². The van der Waals surface area contributed by atoms with Gasteiger partial charge in [-0.15, -0.1) is 0 Å². The van der Waals surface area contributed by atoms with Crippen molar-refractivity contribution in [1.29, 1.82) is 0 Å². The largest absolute Gasteiger partial charge is 0.496 e. The molecule has 1 heterocycles. The van der Waals surface area contributed by atoms with Crippen molar-refractivity contribution >= 4 is 0 Å². The van der Waals surface area contributed by atoms with E-state index in [1.807, 2.05) is 19.2 Å². The Morgan fingerprint density at radius 3 is 2.62 bits per heavy atom. The van der Waals surface area contributed by atoms with Gasteiger partial charge in [0.1, 0.15) is 5.75 Å². The molecule has 1 saturated heterocycles. The van der Waals surface area contributed by atoms with Gasteiger partial charge in [-0.05, 0) is 37.4 Å². The Morgan fingerprint density at radius 1 is 1.33 bits per heavy atom. The molecule has 0 saturated carbocycles. The third-order valence-corrected chi connectivity index (χ3v) is 4.80. The number of methoxy groups -OCH3 is 1. The first-order chi connectivity index (χ1) is 9.95. The number of benzene rings is 1. The molecule has 0 aromatic heterocycles. The summed E-state index contributed by atoms with van der Waals surface area (Å²) < 4.78 is 5.51. The lowest BCUT2D eigenvalue weighted by atomic mass is 9.80. The number of hydrogen-bond acceptors (Lipinski definition) is 3. The van der Waals surface area contributed by atoms with Crippen LogP contribution in [0.4, 0.5) is 0 Å². The van der Waals surface area contributed by atoms with Gasteiger partial charge in [-0.2, -0.15) is 0 Å². The van der Waals surface area contributed by atoms with Crippen molar-refractivity contribution in [2.45, 2.75) is 33.2 Å². The number of para-hydroxylation sites is 1. The zero-order chi connectivity index (χ0) is 15.5. The molecule has 2 rings (SSSR count). The smallest absolute Gasteiger partial charge is 0.123 e.